The van der Waals surface area contributed by atoms with Crippen LogP contribution in [0, 0.1) is 0 Å². The minimum atomic E-state index is 0.891. The third-order valence-corrected chi connectivity index (χ3v) is 8.28. The largest absolute Gasteiger partial charge is 0.306 e. The number of fused-ring (bicyclic) bond motifs is 7. The van der Waals surface area contributed by atoms with Crippen molar-refractivity contribution in [2.24, 2.45) is 0 Å². The molecule has 0 bridgehead atoms. The molecule has 194 valence electrons. The van der Waals surface area contributed by atoms with Gasteiger partial charge in [0.1, 0.15) is 5.65 Å². The van der Waals surface area contributed by atoms with Gasteiger partial charge in [0.15, 0.2) is 0 Å². The predicted octanol–water partition coefficient (Wildman–Crippen LogP) is 9.85. The van der Waals surface area contributed by atoms with Crippen molar-refractivity contribution >= 4 is 27.2 Å². The van der Waals surface area contributed by atoms with Gasteiger partial charge in [-0.15, -0.1) is 0 Å². The van der Waals surface area contributed by atoms with Gasteiger partial charge in [0.25, 0.3) is 0 Å². The Morgan fingerprint density at radius 2 is 1.27 bits per heavy atom. The summed E-state index contributed by atoms with van der Waals surface area (Å²) in [5.41, 5.74) is 11.0. The highest BCUT2D eigenvalue weighted by Crippen LogP contribution is 2.41. The number of benzene rings is 5. The highest BCUT2D eigenvalue weighted by molar-refractivity contribution is 6.07. The van der Waals surface area contributed by atoms with E-state index in [0.717, 1.165) is 29.7 Å². The van der Waals surface area contributed by atoms with Crippen molar-refractivity contribution in [3.8, 4) is 33.5 Å². The summed E-state index contributed by atoms with van der Waals surface area (Å²) in [7, 11) is 0. The highest BCUT2D eigenvalue weighted by Gasteiger charge is 2.17. The van der Waals surface area contributed by atoms with Crippen LogP contribution in [0.1, 0.15) is 11.1 Å². The maximum Gasteiger partial charge on any atom is 0.137 e. The zero-order chi connectivity index (χ0) is 27.2. The number of aromatic nitrogens is 2. The lowest BCUT2D eigenvalue weighted by atomic mass is 9.84. The monoisotopic (exact) mass is 524 g/mol. The minimum absolute atomic E-state index is 0.891. The Kier molecular flexibility index (Phi) is 5.63. The molecule has 0 fully saturated rings. The van der Waals surface area contributed by atoms with E-state index in [1.807, 2.05) is 24.4 Å². The summed E-state index contributed by atoms with van der Waals surface area (Å²) in [6, 6.07) is 39.8. The molecule has 0 atom stereocenters. The fraction of sp³-hybridized carbons (Fsp3) is 0.0513. The van der Waals surface area contributed by atoms with Crippen molar-refractivity contribution in [1.82, 2.24) is 9.38 Å². The first kappa shape index (κ1) is 23.7. The van der Waals surface area contributed by atoms with Crippen LogP contribution in [-0.4, -0.2) is 9.38 Å². The molecule has 0 saturated heterocycles. The molecular formula is C39H28N2. The van der Waals surface area contributed by atoms with Crippen LogP contribution in [0.15, 0.2) is 146 Å². The van der Waals surface area contributed by atoms with Crippen molar-refractivity contribution < 1.29 is 0 Å². The number of pyridine rings is 1. The summed E-state index contributed by atoms with van der Waals surface area (Å²) in [5, 5.41) is 5.05. The fourth-order valence-electron chi connectivity index (χ4n) is 6.29. The van der Waals surface area contributed by atoms with Crippen molar-refractivity contribution in [3.63, 3.8) is 0 Å². The van der Waals surface area contributed by atoms with Gasteiger partial charge in [0, 0.05) is 18.0 Å². The van der Waals surface area contributed by atoms with Gasteiger partial charge in [-0.1, -0.05) is 103 Å². The standard InChI is InChI=1S/C39H28N2/c1-2-4-13-32-25-36(34-15-7-8-16-35(34)39(32)33-14-6-5-12-27(33)11-3-1)30-20-18-29-24-31(21-19-28(29)23-30)37-26-41-22-10-9-17-38(41)40-37/h1-10,12,14-26H,11,13H2. The quantitative estimate of drug-likeness (QED) is 0.220. The molecule has 0 amide bonds. The summed E-state index contributed by atoms with van der Waals surface area (Å²) in [5.74, 6) is 0. The Hall–Kier alpha value is -5.21. The molecule has 0 aliphatic heterocycles. The molecule has 2 heteroatoms. The lowest BCUT2D eigenvalue weighted by molar-refractivity contribution is 1.19. The predicted molar refractivity (Wildman–Crippen MR) is 172 cm³/mol. The zero-order valence-corrected chi connectivity index (χ0v) is 22.7. The van der Waals surface area contributed by atoms with Gasteiger partial charge >= 0.3 is 0 Å². The van der Waals surface area contributed by atoms with E-state index in [1.165, 1.54) is 54.9 Å². The SMILES string of the molecule is C1=CCc2ccccc2-c2c(cc(-c3ccc4cc(-c5cn6ccccc6n5)ccc4c3)c3ccccc23)CC=C1. The second-order valence-electron chi connectivity index (χ2n) is 10.8. The molecule has 41 heavy (non-hydrogen) atoms. The smallest absolute Gasteiger partial charge is 0.137 e. The summed E-state index contributed by atoms with van der Waals surface area (Å²) < 4.78 is 2.07. The van der Waals surface area contributed by atoms with E-state index in [0.29, 0.717) is 0 Å². The van der Waals surface area contributed by atoms with E-state index in [4.69, 9.17) is 4.98 Å². The summed E-state index contributed by atoms with van der Waals surface area (Å²) in [6.45, 7) is 0. The molecular weight excluding hydrogens is 496 g/mol. The average Bonchev–Trinajstić information content (AvgIpc) is 3.47. The van der Waals surface area contributed by atoms with Crippen LogP contribution in [0.4, 0.5) is 0 Å². The molecule has 1 aliphatic carbocycles. The van der Waals surface area contributed by atoms with E-state index in [1.54, 1.807) is 0 Å². The number of hydrogen-bond donors (Lipinski definition) is 0. The van der Waals surface area contributed by atoms with E-state index in [2.05, 4.69) is 126 Å². The van der Waals surface area contributed by atoms with Gasteiger partial charge in [0.2, 0.25) is 0 Å². The first-order chi connectivity index (χ1) is 20.3. The molecule has 2 nitrogen and oxygen atoms in total. The molecule has 0 N–H and O–H groups in total. The van der Waals surface area contributed by atoms with Gasteiger partial charge in [0.05, 0.1) is 5.69 Å². The zero-order valence-electron chi connectivity index (χ0n) is 22.7. The van der Waals surface area contributed by atoms with Gasteiger partial charge < -0.3 is 4.40 Å². The molecule has 0 saturated carbocycles. The Morgan fingerprint density at radius 1 is 0.561 bits per heavy atom. The number of imidazole rings is 1. The molecule has 0 radical (unpaired) electrons. The summed E-state index contributed by atoms with van der Waals surface area (Å²) >= 11 is 0. The average molecular weight is 525 g/mol. The van der Waals surface area contributed by atoms with Crippen LogP contribution in [0.25, 0.3) is 60.7 Å². The van der Waals surface area contributed by atoms with Crippen LogP contribution in [0.3, 0.4) is 0 Å². The van der Waals surface area contributed by atoms with Crippen molar-refractivity contribution in [2.75, 3.05) is 0 Å². The van der Waals surface area contributed by atoms with E-state index >= 15 is 0 Å². The third kappa shape index (κ3) is 4.16. The molecule has 0 spiro atoms. The van der Waals surface area contributed by atoms with Crippen LogP contribution in [0.5, 0.6) is 0 Å². The molecule has 8 rings (SSSR count). The number of rotatable bonds is 2. The number of nitrogens with zero attached hydrogens (tertiary/aromatic N) is 2. The maximum absolute atomic E-state index is 4.83. The lowest BCUT2D eigenvalue weighted by Gasteiger charge is -2.19. The molecule has 0 unspecified atom stereocenters. The topological polar surface area (TPSA) is 17.3 Å². The normalized spacial score (nSPS) is 13.0. The first-order valence-electron chi connectivity index (χ1n) is 14.2. The number of allylic oxidation sites excluding steroid dienone is 4. The maximum atomic E-state index is 4.83. The summed E-state index contributed by atoms with van der Waals surface area (Å²) in [6.07, 6.45) is 14.9. The van der Waals surface area contributed by atoms with Crippen LogP contribution >= 0.6 is 0 Å². The molecule has 2 heterocycles. The van der Waals surface area contributed by atoms with E-state index in [9.17, 15) is 0 Å². The van der Waals surface area contributed by atoms with Crippen molar-refractivity contribution in [3.05, 3.63) is 157 Å². The van der Waals surface area contributed by atoms with Gasteiger partial charge in [-0.25, -0.2) is 4.98 Å². The van der Waals surface area contributed by atoms with Crippen molar-refractivity contribution in [2.45, 2.75) is 12.8 Å². The Morgan fingerprint density at radius 3 is 2.12 bits per heavy atom. The molecule has 2 aromatic heterocycles. The van der Waals surface area contributed by atoms with Gasteiger partial charge in [-0.3, -0.25) is 0 Å². The summed E-state index contributed by atoms with van der Waals surface area (Å²) in [4.78, 5) is 4.83. The fourth-order valence-corrected chi connectivity index (χ4v) is 6.29. The lowest BCUT2D eigenvalue weighted by Crippen LogP contribution is -1.97. The van der Waals surface area contributed by atoms with E-state index < -0.39 is 0 Å². The van der Waals surface area contributed by atoms with Crippen molar-refractivity contribution in [1.29, 1.82) is 0 Å². The molecule has 7 aromatic rings. The Labute approximate surface area is 239 Å². The third-order valence-electron chi connectivity index (χ3n) is 8.28. The van der Waals surface area contributed by atoms with Gasteiger partial charge in [-0.2, -0.15) is 0 Å². The highest BCUT2D eigenvalue weighted by atomic mass is 15.0. The Balaban J connectivity index is 1.29. The number of hydrogen-bond acceptors (Lipinski definition) is 1. The van der Waals surface area contributed by atoms with Crippen LogP contribution in [-0.2, 0) is 12.8 Å². The second-order valence-corrected chi connectivity index (χ2v) is 10.8. The molecule has 1 aliphatic rings. The van der Waals surface area contributed by atoms with E-state index in [-0.39, 0.29) is 0 Å². The van der Waals surface area contributed by atoms with Gasteiger partial charge in [-0.05, 0) is 98.1 Å². The molecule has 5 aromatic carbocycles. The van der Waals surface area contributed by atoms with Crippen LogP contribution < -0.4 is 0 Å². The Bertz CT molecular complexity index is 2130. The second kappa shape index (κ2) is 9.76. The first-order valence-corrected chi connectivity index (χ1v) is 14.2. The van der Waals surface area contributed by atoms with Crippen LogP contribution in [0.2, 0.25) is 0 Å². The minimum Gasteiger partial charge on any atom is -0.306 e.